The smallest absolute Gasteiger partial charge is 0.269 e. The quantitative estimate of drug-likeness (QED) is 0.629. The van der Waals surface area contributed by atoms with Crippen LogP contribution >= 0.6 is 0 Å². The summed E-state index contributed by atoms with van der Waals surface area (Å²) in [5.74, 6) is -1.69. The van der Waals surface area contributed by atoms with Crippen molar-refractivity contribution in [2.24, 2.45) is 0 Å². The van der Waals surface area contributed by atoms with Gasteiger partial charge in [-0.2, -0.15) is 0 Å². The number of nitrogens with one attached hydrogen (secondary N) is 1. The van der Waals surface area contributed by atoms with Gasteiger partial charge in [0, 0.05) is 0 Å². The third-order valence-electron chi connectivity index (χ3n) is 2.57. The van der Waals surface area contributed by atoms with Crippen molar-refractivity contribution in [1.82, 2.24) is 5.32 Å². The fraction of sp³-hybridized carbons (Fsp3) is 0.250. The molecule has 5 heteroatoms. The topological polar surface area (TPSA) is 66.5 Å². The van der Waals surface area contributed by atoms with E-state index in [0.29, 0.717) is 5.69 Å². The molecule has 0 atom stereocenters. The fourth-order valence-corrected chi connectivity index (χ4v) is 1.83. The number of anilines is 1. The Balaban J connectivity index is 2.43. The SMILES string of the molecule is CCCc1ccccc1N1C(=O)NC(=O)C1=O. The Morgan fingerprint density at radius 2 is 1.88 bits per heavy atom. The van der Waals surface area contributed by atoms with Crippen LogP contribution in [0.5, 0.6) is 0 Å². The standard InChI is InChI=1S/C12H12N2O3/c1-2-5-8-6-3-4-7-9(8)14-11(16)10(15)13-12(14)17/h3-4,6-7H,2,5H2,1H3,(H,13,15,17). The van der Waals surface area contributed by atoms with E-state index in [-0.39, 0.29) is 0 Å². The van der Waals surface area contributed by atoms with E-state index in [1.807, 2.05) is 24.4 Å². The molecular weight excluding hydrogens is 220 g/mol. The summed E-state index contributed by atoms with van der Waals surface area (Å²) in [6, 6.07) is 6.42. The van der Waals surface area contributed by atoms with Gasteiger partial charge in [-0.1, -0.05) is 31.5 Å². The van der Waals surface area contributed by atoms with Crippen molar-refractivity contribution in [1.29, 1.82) is 0 Å². The molecule has 1 fully saturated rings. The Bertz CT molecular complexity index is 496. The first-order chi connectivity index (χ1) is 8.15. The number of carbonyl (C=O) groups excluding carboxylic acids is 3. The minimum atomic E-state index is -0.874. The van der Waals surface area contributed by atoms with Crippen molar-refractivity contribution >= 4 is 23.5 Å². The van der Waals surface area contributed by atoms with E-state index in [4.69, 9.17) is 0 Å². The lowest BCUT2D eigenvalue weighted by Crippen LogP contribution is -2.31. The number of amides is 4. The highest BCUT2D eigenvalue weighted by atomic mass is 16.2. The highest BCUT2D eigenvalue weighted by Crippen LogP contribution is 2.23. The molecule has 1 aliphatic rings. The summed E-state index contributed by atoms with van der Waals surface area (Å²) in [4.78, 5) is 35.1. The van der Waals surface area contributed by atoms with Gasteiger partial charge in [-0.3, -0.25) is 14.9 Å². The summed E-state index contributed by atoms with van der Waals surface area (Å²) >= 11 is 0. The molecule has 0 bridgehead atoms. The summed E-state index contributed by atoms with van der Waals surface area (Å²) in [6.45, 7) is 2.01. The van der Waals surface area contributed by atoms with Gasteiger partial charge in [0.1, 0.15) is 0 Å². The van der Waals surface area contributed by atoms with E-state index in [9.17, 15) is 14.4 Å². The largest absolute Gasteiger partial charge is 0.336 e. The summed E-state index contributed by atoms with van der Waals surface area (Å²) in [7, 11) is 0. The van der Waals surface area contributed by atoms with Crippen LogP contribution < -0.4 is 10.2 Å². The zero-order chi connectivity index (χ0) is 12.4. The van der Waals surface area contributed by atoms with Crippen LogP contribution in [0.4, 0.5) is 10.5 Å². The van der Waals surface area contributed by atoms with Gasteiger partial charge in [0.25, 0.3) is 0 Å². The lowest BCUT2D eigenvalue weighted by molar-refractivity contribution is -0.134. The molecule has 17 heavy (non-hydrogen) atoms. The highest BCUT2D eigenvalue weighted by molar-refractivity contribution is 6.53. The number of carbonyl (C=O) groups is 3. The molecule has 5 nitrogen and oxygen atoms in total. The first-order valence-electron chi connectivity index (χ1n) is 5.42. The predicted molar refractivity (Wildman–Crippen MR) is 61.5 cm³/mol. The van der Waals surface area contributed by atoms with Crippen LogP contribution in [0.15, 0.2) is 24.3 Å². The Morgan fingerprint density at radius 1 is 1.18 bits per heavy atom. The van der Waals surface area contributed by atoms with Gasteiger partial charge >= 0.3 is 17.8 Å². The lowest BCUT2D eigenvalue weighted by atomic mass is 10.1. The Hall–Kier alpha value is -2.17. The van der Waals surface area contributed by atoms with E-state index in [1.54, 1.807) is 12.1 Å². The van der Waals surface area contributed by atoms with Gasteiger partial charge < -0.3 is 0 Å². The Labute approximate surface area is 98.4 Å². The first-order valence-corrected chi connectivity index (χ1v) is 5.42. The van der Waals surface area contributed by atoms with Gasteiger partial charge in [0.15, 0.2) is 0 Å². The molecule has 1 aromatic rings. The van der Waals surface area contributed by atoms with Crippen LogP contribution in [0.2, 0.25) is 0 Å². The van der Waals surface area contributed by atoms with Crippen LogP contribution in [0.1, 0.15) is 18.9 Å². The van der Waals surface area contributed by atoms with Gasteiger partial charge in [-0.05, 0) is 18.1 Å². The van der Waals surface area contributed by atoms with E-state index >= 15 is 0 Å². The number of urea groups is 1. The number of hydrogen-bond donors (Lipinski definition) is 1. The molecule has 0 saturated carbocycles. The van der Waals surface area contributed by atoms with E-state index in [1.165, 1.54) is 0 Å². The van der Waals surface area contributed by atoms with Crippen LogP contribution in [-0.2, 0) is 16.0 Å². The van der Waals surface area contributed by atoms with Gasteiger partial charge in [-0.25, -0.2) is 9.69 Å². The molecule has 1 saturated heterocycles. The van der Waals surface area contributed by atoms with Crippen molar-refractivity contribution in [3.8, 4) is 0 Å². The van der Waals surface area contributed by atoms with Crippen molar-refractivity contribution in [3.05, 3.63) is 29.8 Å². The normalized spacial score (nSPS) is 15.4. The molecule has 2 rings (SSSR count). The number of nitrogens with zero attached hydrogens (tertiary/aromatic N) is 1. The van der Waals surface area contributed by atoms with Gasteiger partial charge in [-0.15, -0.1) is 0 Å². The summed E-state index contributed by atoms with van der Waals surface area (Å²) in [5.41, 5.74) is 1.37. The molecule has 0 unspecified atom stereocenters. The molecule has 4 amide bonds. The molecule has 0 aromatic heterocycles. The molecule has 1 aromatic carbocycles. The minimum Gasteiger partial charge on any atom is -0.269 e. The number of para-hydroxylation sites is 1. The van der Waals surface area contributed by atoms with Crippen LogP contribution in [0, 0.1) is 0 Å². The average molecular weight is 232 g/mol. The summed E-state index contributed by atoms with van der Waals surface area (Å²) in [6.07, 6.45) is 1.65. The molecule has 88 valence electrons. The van der Waals surface area contributed by atoms with Crippen molar-refractivity contribution < 1.29 is 14.4 Å². The summed E-state index contributed by atoms with van der Waals surface area (Å²) < 4.78 is 0. The fourth-order valence-electron chi connectivity index (χ4n) is 1.83. The minimum absolute atomic E-state index is 0.489. The lowest BCUT2D eigenvalue weighted by Gasteiger charge is -2.15. The second kappa shape index (κ2) is 4.37. The maximum absolute atomic E-state index is 11.6. The third kappa shape index (κ3) is 1.91. The van der Waals surface area contributed by atoms with Crippen molar-refractivity contribution in [2.45, 2.75) is 19.8 Å². The predicted octanol–water partition coefficient (Wildman–Crippen LogP) is 1.22. The summed E-state index contributed by atoms with van der Waals surface area (Å²) in [5, 5.41) is 1.98. The Morgan fingerprint density at radius 3 is 2.47 bits per heavy atom. The number of aryl methyl sites for hydroxylation is 1. The van der Waals surface area contributed by atoms with Crippen LogP contribution in [0.3, 0.4) is 0 Å². The van der Waals surface area contributed by atoms with Crippen molar-refractivity contribution in [2.75, 3.05) is 4.90 Å². The Kier molecular flexibility index (Phi) is 2.91. The number of rotatable bonds is 3. The van der Waals surface area contributed by atoms with E-state index < -0.39 is 17.8 Å². The van der Waals surface area contributed by atoms with Crippen LogP contribution in [0.25, 0.3) is 0 Å². The molecule has 1 heterocycles. The maximum Gasteiger partial charge on any atom is 0.336 e. The maximum atomic E-state index is 11.6. The third-order valence-corrected chi connectivity index (χ3v) is 2.57. The molecule has 0 radical (unpaired) electrons. The first kappa shape index (κ1) is 11.3. The molecule has 0 aliphatic carbocycles. The zero-order valence-electron chi connectivity index (χ0n) is 9.40. The van der Waals surface area contributed by atoms with E-state index in [2.05, 4.69) is 0 Å². The highest BCUT2D eigenvalue weighted by Gasteiger charge is 2.38. The second-order valence-electron chi connectivity index (χ2n) is 3.78. The number of imide groups is 2. The molecule has 1 aliphatic heterocycles. The van der Waals surface area contributed by atoms with Gasteiger partial charge in [0.2, 0.25) is 0 Å². The zero-order valence-corrected chi connectivity index (χ0v) is 9.40. The molecule has 1 N–H and O–H groups in total. The number of benzene rings is 1. The van der Waals surface area contributed by atoms with E-state index in [0.717, 1.165) is 23.3 Å². The molecule has 0 spiro atoms. The van der Waals surface area contributed by atoms with Crippen LogP contribution in [-0.4, -0.2) is 17.8 Å². The average Bonchev–Trinajstić information content (AvgIpc) is 2.55. The monoisotopic (exact) mass is 232 g/mol. The number of hydrogen-bond acceptors (Lipinski definition) is 3. The van der Waals surface area contributed by atoms with Gasteiger partial charge in [0.05, 0.1) is 5.69 Å². The second-order valence-corrected chi connectivity index (χ2v) is 3.78. The van der Waals surface area contributed by atoms with Crippen molar-refractivity contribution in [3.63, 3.8) is 0 Å². The molecular formula is C12H12N2O3.